The zero-order chi connectivity index (χ0) is 14.7. The van der Waals surface area contributed by atoms with Crippen LogP contribution in [0.1, 0.15) is 46.5 Å². The molecule has 2 unspecified atom stereocenters. The van der Waals surface area contributed by atoms with Gasteiger partial charge in [-0.1, -0.05) is 0 Å². The largest absolute Gasteiger partial charge is 0.444 e. The van der Waals surface area contributed by atoms with Gasteiger partial charge in [0.25, 0.3) is 10.1 Å². The highest BCUT2D eigenvalue weighted by Gasteiger charge is 2.27. The zero-order valence-electron chi connectivity index (χ0n) is 11.9. The minimum absolute atomic E-state index is 0.102. The molecule has 0 radical (unpaired) electrons. The molecule has 1 N–H and O–H groups in total. The van der Waals surface area contributed by atoms with Gasteiger partial charge < -0.3 is 10.1 Å². The second-order valence-corrected chi connectivity index (χ2v) is 7.53. The third kappa shape index (κ3) is 7.37. The Balaban J connectivity index is 2.45. The van der Waals surface area contributed by atoms with E-state index in [1.54, 1.807) is 20.8 Å². The van der Waals surface area contributed by atoms with Crippen molar-refractivity contribution in [2.75, 3.05) is 6.26 Å². The van der Waals surface area contributed by atoms with Gasteiger partial charge in [-0.25, -0.2) is 4.79 Å². The van der Waals surface area contributed by atoms with Crippen LogP contribution in [0.15, 0.2) is 0 Å². The first-order chi connectivity index (χ1) is 8.55. The van der Waals surface area contributed by atoms with Crippen LogP contribution in [0.3, 0.4) is 0 Å². The lowest BCUT2D eigenvalue weighted by Gasteiger charge is -2.29. The van der Waals surface area contributed by atoms with E-state index < -0.39 is 21.8 Å². The molecule has 1 fully saturated rings. The SMILES string of the molecule is CC(C)(C)OC(=O)NC1CCCC(OS(C)(=O)=O)C1. The van der Waals surface area contributed by atoms with Gasteiger partial charge in [0.1, 0.15) is 5.60 Å². The predicted molar refractivity (Wildman–Crippen MR) is 71.3 cm³/mol. The summed E-state index contributed by atoms with van der Waals surface area (Å²) in [5.41, 5.74) is -0.540. The van der Waals surface area contributed by atoms with Crippen molar-refractivity contribution >= 4 is 16.2 Å². The van der Waals surface area contributed by atoms with E-state index in [2.05, 4.69) is 5.32 Å². The average Bonchev–Trinajstić information content (AvgIpc) is 2.11. The third-order valence-electron chi connectivity index (χ3n) is 2.66. The van der Waals surface area contributed by atoms with E-state index in [0.29, 0.717) is 12.8 Å². The van der Waals surface area contributed by atoms with Crippen LogP contribution in [0, 0.1) is 0 Å². The first kappa shape index (κ1) is 16.2. The van der Waals surface area contributed by atoms with Crippen molar-refractivity contribution in [3.8, 4) is 0 Å². The average molecular weight is 293 g/mol. The van der Waals surface area contributed by atoms with Crippen LogP contribution in [-0.2, 0) is 19.0 Å². The predicted octanol–water partition coefficient (Wildman–Crippen LogP) is 1.80. The summed E-state index contributed by atoms with van der Waals surface area (Å²) < 4.78 is 32.3. The molecule has 0 aromatic rings. The smallest absolute Gasteiger partial charge is 0.407 e. The number of amides is 1. The van der Waals surface area contributed by atoms with Gasteiger partial charge in [-0.2, -0.15) is 8.42 Å². The molecule has 0 spiro atoms. The molecule has 0 aromatic heterocycles. The van der Waals surface area contributed by atoms with Crippen LogP contribution in [0.5, 0.6) is 0 Å². The van der Waals surface area contributed by atoms with Crippen LogP contribution < -0.4 is 5.32 Å². The number of carbonyl (C=O) groups is 1. The number of hydrogen-bond acceptors (Lipinski definition) is 5. The van der Waals surface area contributed by atoms with E-state index in [0.717, 1.165) is 19.1 Å². The van der Waals surface area contributed by atoms with Crippen molar-refractivity contribution < 1.29 is 22.1 Å². The van der Waals surface area contributed by atoms with Gasteiger partial charge in [-0.15, -0.1) is 0 Å². The minimum Gasteiger partial charge on any atom is -0.444 e. The fourth-order valence-corrected chi connectivity index (χ4v) is 2.75. The van der Waals surface area contributed by atoms with Crippen molar-refractivity contribution in [3.05, 3.63) is 0 Å². The molecule has 1 aliphatic carbocycles. The Morgan fingerprint density at radius 1 is 1.26 bits per heavy atom. The zero-order valence-corrected chi connectivity index (χ0v) is 12.7. The molecule has 112 valence electrons. The van der Waals surface area contributed by atoms with E-state index in [-0.39, 0.29) is 12.1 Å². The number of carbonyl (C=O) groups excluding carboxylic acids is 1. The number of ether oxygens (including phenoxy) is 1. The Kier molecular flexibility index (Phi) is 5.20. The summed E-state index contributed by atoms with van der Waals surface area (Å²) in [5, 5.41) is 2.76. The van der Waals surface area contributed by atoms with E-state index >= 15 is 0 Å². The third-order valence-corrected chi connectivity index (χ3v) is 3.28. The first-order valence-corrected chi connectivity index (χ1v) is 8.24. The van der Waals surface area contributed by atoms with Gasteiger partial charge in [-0.05, 0) is 46.5 Å². The Bertz CT molecular complexity index is 412. The van der Waals surface area contributed by atoms with Crippen molar-refractivity contribution in [3.63, 3.8) is 0 Å². The summed E-state index contributed by atoms with van der Waals surface area (Å²) in [6, 6.07) is -0.102. The van der Waals surface area contributed by atoms with Crippen LogP contribution in [0.4, 0.5) is 4.79 Å². The molecule has 1 aliphatic rings. The molecule has 1 saturated carbocycles. The maximum atomic E-state index is 11.6. The molecule has 1 rings (SSSR count). The highest BCUT2D eigenvalue weighted by molar-refractivity contribution is 7.86. The number of hydrogen-bond donors (Lipinski definition) is 1. The van der Waals surface area contributed by atoms with Crippen LogP contribution in [-0.4, -0.2) is 38.5 Å². The Hall–Kier alpha value is -0.820. The summed E-state index contributed by atoms with van der Waals surface area (Å²) in [7, 11) is -3.45. The lowest BCUT2D eigenvalue weighted by Crippen LogP contribution is -2.43. The quantitative estimate of drug-likeness (QED) is 0.802. The number of nitrogens with one attached hydrogen (secondary N) is 1. The maximum absolute atomic E-state index is 11.6. The molecule has 1 amide bonds. The lowest BCUT2D eigenvalue weighted by atomic mass is 9.93. The molecule has 0 saturated heterocycles. The number of alkyl carbamates (subject to hydrolysis) is 1. The highest BCUT2D eigenvalue weighted by atomic mass is 32.2. The summed E-state index contributed by atoms with van der Waals surface area (Å²) >= 11 is 0. The molecule has 0 bridgehead atoms. The van der Waals surface area contributed by atoms with E-state index in [4.69, 9.17) is 8.92 Å². The molecule has 7 heteroatoms. The maximum Gasteiger partial charge on any atom is 0.407 e. The van der Waals surface area contributed by atoms with Crippen molar-refractivity contribution in [2.24, 2.45) is 0 Å². The second-order valence-electron chi connectivity index (χ2n) is 5.93. The Morgan fingerprint density at radius 3 is 2.42 bits per heavy atom. The van der Waals surface area contributed by atoms with Crippen molar-refractivity contribution in [1.82, 2.24) is 5.32 Å². The number of rotatable bonds is 3. The summed E-state index contributed by atoms with van der Waals surface area (Å²) in [5.74, 6) is 0. The van der Waals surface area contributed by atoms with Gasteiger partial charge in [-0.3, -0.25) is 4.18 Å². The van der Waals surface area contributed by atoms with Gasteiger partial charge in [0.05, 0.1) is 12.4 Å². The lowest BCUT2D eigenvalue weighted by molar-refractivity contribution is 0.0467. The topological polar surface area (TPSA) is 81.7 Å². The molecule has 19 heavy (non-hydrogen) atoms. The molecule has 0 heterocycles. The van der Waals surface area contributed by atoms with Gasteiger partial charge >= 0.3 is 6.09 Å². The molecule has 6 nitrogen and oxygen atoms in total. The van der Waals surface area contributed by atoms with E-state index in [1.807, 2.05) is 0 Å². The van der Waals surface area contributed by atoms with E-state index in [9.17, 15) is 13.2 Å². The molecule has 0 aromatic carbocycles. The van der Waals surface area contributed by atoms with Gasteiger partial charge in [0.2, 0.25) is 0 Å². The highest BCUT2D eigenvalue weighted by Crippen LogP contribution is 2.22. The molecule has 2 atom stereocenters. The van der Waals surface area contributed by atoms with Gasteiger partial charge in [0, 0.05) is 6.04 Å². The van der Waals surface area contributed by atoms with Crippen molar-refractivity contribution in [2.45, 2.75) is 64.2 Å². The minimum atomic E-state index is -3.45. The van der Waals surface area contributed by atoms with Gasteiger partial charge in [0.15, 0.2) is 0 Å². The second kappa shape index (κ2) is 6.09. The fraction of sp³-hybridized carbons (Fsp3) is 0.917. The Labute approximate surface area is 115 Å². The van der Waals surface area contributed by atoms with Crippen molar-refractivity contribution in [1.29, 1.82) is 0 Å². The van der Waals surface area contributed by atoms with Crippen LogP contribution in [0.25, 0.3) is 0 Å². The summed E-state index contributed by atoms with van der Waals surface area (Å²) in [4.78, 5) is 11.6. The Morgan fingerprint density at radius 2 is 1.89 bits per heavy atom. The molecule has 0 aliphatic heterocycles. The normalized spacial score (nSPS) is 24.8. The fourth-order valence-electron chi connectivity index (χ4n) is 2.08. The standard InChI is InChI=1S/C12H23NO5S/c1-12(2,3)17-11(14)13-9-6-5-7-10(8-9)18-19(4,15)16/h9-10H,5-8H2,1-4H3,(H,13,14). The van der Waals surface area contributed by atoms with E-state index in [1.165, 1.54) is 0 Å². The molecular formula is C12H23NO5S. The van der Waals surface area contributed by atoms with Crippen LogP contribution in [0.2, 0.25) is 0 Å². The first-order valence-electron chi connectivity index (χ1n) is 6.43. The van der Waals surface area contributed by atoms with Crippen LogP contribution >= 0.6 is 0 Å². The molecular weight excluding hydrogens is 270 g/mol. The summed E-state index contributed by atoms with van der Waals surface area (Å²) in [6.07, 6.45) is 3.02. The summed E-state index contributed by atoms with van der Waals surface area (Å²) in [6.45, 7) is 5.38. The monoisotopic (exact) mass is 293 g/mol.